The van der Waals surface area contributed by atoms with Crippen LogP contribution in [-0.2, 0) is 6.54 Å². The normalized spacial score (nSPS) is 20.7. The fourth-order valence-corrected chi connectivity index (χ4v) is 2.56. The van der Waals surface area contributed by atoms with Gasteiger partial charge in [0.05, 0.1) is 5.56 Å². The molecule has 0 amide bonds. The lowest BCUT2D eigenvalue weighted by Gasteiger charge is -2.16. The predicted molar refractivity (Wildman–Crippen MR) is 69.0 cm³/mol. The number of hydrogen-bond donors (Lipinski definition) is 2. The molecule has 0 aromatic heterocycles. The molecule has 17 heavy (non-hydrogen) atoms. The molecule has 0 saturated carbocycles. The highest BCUT2D eigenvalue weighted by Gasteiger charge is 2.19. The van der Waals surface area contributed by atoms with Gasteiger partial charge in [-0.25, -0.2) is 4.79 Å². The van der Waals surface area contributed by atoms with E-state index in [1.165, 1.54) is 0 Å². The Hall–Kier alpha value is -0.910. The number of carboxylic acids is 1. The number of carbonyl (C=O) groups is 1. The van der Waals surface area contributed by atoms with E-state index in [4.69, 9.17) is 10.8 Å². The van der Waals surface area contributed by atoms with Crippen LogP contribution in [0.5, 0.6) is 0 Å². The maximum atomic E-state index is 10.8. The minimum Gasteiger partial charge on any atom is -0.478 e. The fraction of sp³-hybridized carbons (Fsp3) is 0.417. The molecule has 5 heteroatoms. The summed E-state index contributed by atoms with van der Waals surface area (Å²) in [6.45, 7) is 2.73. The number of nitrogens with zero attached hydrogens (tertiary/aromatic N) is 1. The zero-order chi connectivity index (χ0) is 12.4. The molecule has 1 aliphatic rings. The standard InChI is InChI=1S/C12H15BrN2O2/c13-11-5-8(12(16)17)1-2-9(11)6-15-4-3-10(14)7-15/h1-2,5,10H,3-4,6-7,14H2,(H,16,17). The third-order valence-corrected chi connectivity index (χ3v) is 3.74. The minimum absolute atomic E-state index is 0.270. The summed E-state index contributed by atoms with van der Waals surface area (Å²) in [4.78, 5) is 13.1. The lowest BCUT2D eigenvalue weighted by atomic mass is 10.1. The largest absolute Gasteiger partial charge is 0.478 e. The molecule has 3 N–H and O–H groups in total. The van der Waals surface area contributed by atoms with Crippen molar-refractivity contribution in [2.24, 2.45) is 5.73 Å². The number of aromatic carboxylic acids is 1. The van der Waals surface area contributed by atoms with Crippen LogP contribution in [0.4, 0.5) is 0 Å². The number of carboxylic acid groups (broad SMARTS) is 1. The first-order valence-corrected chi connectivity index (χ1v) is 6.35. The van der Waals surface area contributed by atoms with Gasteiger partial charge in [-0.1, -0.05) is 22.0 Å². The van der Waals surface area contributed by atoms with Gasteiger partial charge in [0.25, 0.3) is 0 Å². The van der Waals surface area contributed by atoms with Crippen molar-refractivity contribution < 1.29 is 9.90 Å². The molecule has 0 spiro atoms. The van der Waals surface area contributed by atoms with Crippen LogP contribution in [0, 0.1) is 0 Å². The van der Waals surface area contributed by atoms with Crippen molar-refractivity contribution in [1.82, 2.24) is 4.90 Å². The lowest BCUT2D eigenvalue weighted by molar-refractivity contribution is 0.0697. The maximum absolute atomic E-state index is 10.8. The van der Waals surface area contributed by atoms with Crippen molar-refractivity contribution >= 4 is 21.9 Å². The number of likely N-dealkylation sites (tertiary alicyclic amines) is 1. The van der Waals surface area contributed by atoms with Crippen LogP contribution in [-0.4, -0.2) is 35.1 Å². The molecule has 1 atom stereocenters. The number of rotatable bonds is 3. The molecular weight excluding hydrogens is 284 g/mol. The average Bonchev–Trinajstić information content (AvgIpc) is 2.67. The van der Waals surface area contributed by atoms with Crippen molar-refractivity contribution in [2.45, 2.75) is 19.0 Å². The molecule has 0 radical (unpaired) electrons. The second kappa shape index (κ2) is 5.16. The van der Waals surface area contributed by atoms with Crippen molar-refractivity contribution in [3.63, 3.8) is 0 Å². The second-order valence-electron chi connectivity index (χ2n) is 4.40. The first-order chi connectivity index (χ1) is 8.06. The van der Waals surface area contributed by atoms with Crippen LogP contribution in [0.3, 0.4) is 0 Å². The van der Waals surface area contributed by atoms with E-state index in [1.807, 2.05) is 6.07 Å². The van der Waals surface area contributed by atoms with Gasteiger partial charge in [0.1, 0.15) is 0 Å². The molecule has 1 saturated heterocycles. The highest BCUT2D eigenvalue weighted by molar-refractivity contribution is 9.10. The molecule has 1 aliphatic heterocycles. The average molecular weight is 299 g/mol. The number of benzene rings is 1. The lowest BCUT2D eigenvalue weighted by Crippen LogP contribution is -2.26. The monoisotopic (exact) mass is 298 g/mol. The summed E-state index contributed by atoms with van der Waals surface area (Å²) in [5.74, 6) is -0.902. The first kappa shape index (κ1) is 12.5. The smallest absolute Gasteiger partial charge is 0.335 e. The second-order valence-corrected chi connectivity index (χ2v) is 5.25. The quantitative estimate of drug-likeness (QED) is 0.891. The van der Waals surface area contributed by atoms with Crippen LogP contribution in [0.25, 0.3) is 0 Å². The van der Waals surface area contributed by atoms with Crippen molar-refractivity contribution in [1.29, 1.82) is 0 Å². The van der Waals surface area contributed by atoms with E-state index >= 15 is 0 Å². The van der Waals surface area contributed by atoms with Gasteiger partial charge in [-0.3, -0.25) is 4.90 Å². The van der Waals surface area contributed by atoms with E-state index in [0.29, 0.717) is 5.56 Å². The van der Waals surface area contributed by atoms with Crippen LogP contribution in [0.1, 0.15) is 22.3 Å². The van der Waals surface area contributed by atoms with E-state index in [2.05, 4.69) is 20.8 Å². The van der Waals surface area contributed by atoms with E-state index in [0.717, 1.165) is 36.1 Å². The third kappa shape index (κ3) is 3.06. The van der Waals surface area contributed by atoms with E-state index in [-0.39, 0.29) is 6.04 Å². The molecule has 1 aromatic rings. The Morgan fingerprint density at radius 3 is 2.88 bits per heavy atom. The zero-order valence-electron chi connectivity index (χ0n) is 9.40. The van der Waals surface area contributed by atoms with Crippen LogP contribution >= 0.6 is 15.9 Å². The number of nitrogens with two attached hydrogens (primary N) is 1. The highest BCUT2D eigenvalue weighted by Crippen LogP contribution is 2.22. The number of hydrogen-bond acceptors (Lipinski definition) is 3. The molecule has 0 bridgehead atoms. The highest BCUT2D eigenvalue weighted by atomic mass is 79.9. The van der Waals surface area contributed by atoms with Gasteiger partial charge in [0.15, 0.2) is 0 Å². The minimum atomic E-state index is -0.902. The summed E-state index contributed by atoms with van der Waals surface area (Å²) in [5.41, 5.74) is 7.25. The van der Waals surface area contributed by atoms with E-state index in [1.54, 1.807) is 12.1 Å². The molecule has 1 fully saturated rings. The van der Waals surface area contributed by atoms with Crippen molar-refractivity contribution in [2.75, 3.05) is 13.1 Å². The molecule has 1 unspecified atom stereocenters. The molecule has 4 nitrogen and oxygen atoms in total. The van der Waals surface area contributed by atoms with Gasteiger partial charge in [-0.2, -0.15) is 0 Å². The Balaban J connectivity index is 2.09. The Morgan fingerprint density at radius 1 is 1.59 bits per heavy atom. The molecule has 92 valence electrons. The van der Waals surface area contributed by atoms with Gasteiger partial charge >= 0.3 is 5.97 Å². The van der Waals surface area contributed by atoms with Gasteiger partial charge in [0, 0.05) is 30.1 Å². The summed E-state index contributed by atoms with van der Waals surface area (Å²) in [7, 11) is 0. The first-order valence-electron chi connectivity index (χ1n) is 5.56. The Labute approximate surface area is 109 Å². The number of halogens is 1. The van der Waals surface area contributed by atoms with Crippen LogP contribution < -0.4 is 5.73 Å². The predicted octanol–water partition coefficient (Wildman–Crippen LogP) is 1.68. The van der Waals surface area contributed by atoms with Crippen LogP contribution in [0.15, 0.2) is 22.7 Å². The topological polar surface area (TPSA) is 66.6 Å². The van der Waals surface area contributed by atoms with Crippen LogP contribution in [0.2, 0.25) is 0 Å². The third-order valence-electron chi connectivity index (χ3n) is 3.00. The Bertz CT molecular complexity index is 437. The summed E-state index contributed by atoms with van der Waals surface area (Å²) in [6.07, 6.45) is 1.03. The van der Waals surface area contributed by atoms with Crippen molar-refractivity contribution in [3.8, 4) is 0 Å². The van der Waals surface area contributed by atoms with Gasteiger partial charge in [0.2, 0.25) is 0 Å². The summed E-state index contributed by atoms with van der Waals surface area (Å²) in [5, 5.41) is 8.87. The summed E-state index contributed by atoms with van der Waals surface area (Å²) >= 11 is 3.42. The summed E-state index contributed by atoms with van der Waals surface area (Å²) < 4.78 is 0.845. The zero-order valence-corrected chi connectivity index (χ0v) is 11.0. The maximum Gasteiger partial charge on any atom is 0.335 e. The molecule has 1 aromatic carbocycles. The molecular formula is C12H15BrN2O2. The Morgan fingerprint density at radius 2 is 2.35 bits per heavy atom. The molecule has 0 aliphatic carbocycles. The van der Waals surface area contributed by atoms with E-state index < -0.39 is 5.97 Å². The summed E-state index contributed by atoms with van der Waals surface area (Å²) in [6, 6.07) is 5.41. The SMILES string of the molecule is NC1CCN(Cc2ccc(C(=O)O)cc2Br)C1. The van der Waals surface area contributed by atoms with Crippen molar-refractivity contribution in [3.05, 3.63) is 33.8 Å². The van der Waals surface area contributed by atoms with Gasteiger partial charge in [-0.05, 0) is 24.1 Å². The fourth-order valence-electron chi connectivity index (χ4n) is 2.06. The van der Waals surface area contributed by atoms with Gasteiger partial charge < -0.3 is 10.8 Å². The Kier molecular flexibility index (Phi) is 3.81. The van der Waals surface area contributed by atoms with Gasteiger partial charge in [-0.15, -0.1) is 0 Å². The molecule has 2 rings (SSSR count). The van der Waals surface area contributed by atoms with E-state index in [9.17, 15) is 4.79 Å². The molecule has 1 heterocycles.